The van der Waals surface area contributed by atoms with Crippen molar-refractivity contribution in [3.63, 3.8) is 0 Å². The largest absolute Gasteiger partial charge is 0.478 e. The van der Waals surface area contributed by atoms with Gasteiger partial charge in [-0.2, -0.15) is 0 Å². The van der Waals surface area contributed by atoms with Crippen molar-refractivity contribution in [2.24, 2.45) is 0 Å². The Morgan fingerprint density at radius 1 is 1.25 bits per heavy atom. The molecule has 0 aliphatic heterocycles. The molecule has 0 aromatic heterocycles. The van der Waals surface area contributed by atoms with Crippen LogP contribution in [0.15, 0.2) is 24.3 Å². The summed E-state index contributed by atoms with van der Waals surface area (Å²) in [5.41, 5.74) is 0.571. The molecule has 0 bridgehead atoms. The maximum atomic E-state index is 11.5. The standard InChI is InChI=1S/C12H11NO3/c1-2-3-8-13-11(14)9-4-6-10(7-5-9)12(15)16/h1,4-7H,3,8H2,(H,13,14)(H,15,16). The summed E-state index contributed by atoms with van der Waals surface area (Å²) in [6, 6.07) is 5.71. The predicted molar refractivity (Wildman–Crippen MR) is 59.2 cm³/mol. The van der Waals surface area contributed by atoms with Crippen LogP contribution >= 0.6 is 0 Å². The van der Waals surface area contributed by atoms with Gasteiger partial charge in [0.05, 0.1) is 5.56 Å². The minimum atomic E-state index is -1.01. The molecule has 0 saturated heterocycles. The second kappa shape index (κ2) is 5.56. The van der Waals surface area contributed by atoms with Crippen LogP contribution < -0.4 is 5.32 Å². The van der Waals surface area contributed by atoms with E-state index in [1.165, 1.54) is 24.3 Å². The van der Waals surface area contributed by atoms with E-state index in [1.54, 1.807) is 0 Å². The number of carbonyl (C=O) groups is 2. The van der Waals surface area contributed by atoms with E-state index in [2.05, 4.69) is 11.2 Å². The Balaban J connectivity index is 2.64. The van der Waals surface area contributed by atoms with Gasteiger partial charge in [-0.25, -0.2) is 4.79 Å². The molecule has 0 saturated carbocycles. The van der Waals surface area contributed by atoms with Crippen molar-refractivity contribution in [2.45, 2.75) is 6.42 Å². The van der Waals surface area contributed by atoms with E-state index in [4.69, 9.17) is 11.5 Å². The van der Waals surface area contributed by atoms with Gasteiger partial charge in [0.1, 0.15) is 0 Å². The fraction of sp³-hybridized carbons (Fsp3) is 0.167. The van der Waals surface area contributed by atoms with Gasteiger partial charge in [0.15, 0.2) is 0 Å². The lowest BCUT2D eigenvalue weighted by molar-refractivity contribution is 0.0696. The Hall–Kier alpha value is -2.28. The summed E-state index contributed by atoms with van der Waals surface area (Å²) in [5.74, 6) is 1.13. The average Bonchev–Trinajstić information content (AvgIpc) is 2.29. The first-order valence-electron chi connectivity index (χ1n) is 4.70. The molecule has 0 spiro atoms. The number of rotatable bonds is 4. The number of carboxylic acids is 1. The molecule has 1 amide bonds. The highest BCUT2D eigenvalue weighted by Gasteiger charge is 2.06. The van der Waals surface area contributed by atoms with Crippen molar-refractivity contribution in [1.82, 2.24) is 5.32 Å². The molecule has 0 aliphatic carbocycles. The third-order valence-corrected chi connectivity index (χ3v) is 1.95. The Morgan fingerprint density at radius 2 is 1.81 bits per heavy atom. The normalized spacial score (nSPS) is 9.19. The Bertz CT molecular complexity index is 429. The smallest absolute Gasteiger partial charge is 0.335 e. The summed E-state index contributed by atoms with van der Waals surface area (Å²) in [5, 5.41) is 11.3. The van der Waals surface area contributed by atoms with E-state index in [9.17, 15) is 9.59 Å². The van der Waals surface area contributed by atoms with E-state index in [0.717, 1.165) is 0 Å². The molecule has 1 aromatic carbocycles. The van der Waals surface area contributed by atoms with Crippen LogP contribution in [0.5, 0.6) is 0 Å². The van der Waals surface area contributed by atoms with Crippen LogP contribution in [0.2, 0.25) is 0 Å². The molecule has 0 heterocycles. The molecule has 1 rings (SSSR count). The number of carboxylic acid groups (broad SMARTS) is 1. The number of hydrogen-bond acceptors (Lipinski definition) is 2. The number of aromatic carboxylic acids is 1. The van der Waals surface area contributed by atoms with Crippen molar-refractivity contribution in [3.05, 3.63) is 35.4 Å². The highest BCUT2D eigenvalue weighted by atomic mass is 16.4. The number of hydrogen-bond donors (Lipinski definition) is 2. The van der Waals surface area contributed by atoms with E-state index in [-0.39, 0.29) is 11.5 Å². The summed E-state index contributed by atoms with van der Waals surface area (Å²) in [6.45, 7) is 0.413. The molecule has 4 nitrogen and oxygen atoms in total. The van der Waals surface area contributed by atoms with Crippen molar-refractivity contribution < 1.29 is 14.7 Å². The van der Waals surface area contributed by atoms with E-state index in [0.29, 0.717) is 18.5 Å². The Kier molecular flexibility index (Phi) is 4.10. The first-order chi connectivity index (χ1) is 7.65. The highest BCUT2D eigenvalue weighted by molar-refractivity contribution is 5.95. The van der Waals surface area contributed by atoms with Gasteiger partial charge in [-0.1, -0.05) is 0 Å². The summed E-state index contributed by atoms with van der Waals surface area (Å²) < 4.78 is 0. The van der Waals surface area contributed by atoms with Gasteiger partial charge in [-0.05, 0) is 24.3 Å². The fourth-order valence-electron chi connectivity index (χ4n) is 1.11. The Labute approximate surface area is 93.3 Å². The second-order valence-corrected chi connectivity index (χ2v) is 3.09. The average molecular weight is 217 g/mol. The number of carbonyl (C=O) groups excluding carboxylic acids is 1. The first-order valence-corrected chi connectivity index (χ1v) is 4.70. The summed E-state index contributed by atoms with van der Waals surface area (Å²) in [6.07, 6.45) is 5.51. The van der Waals surface area contributed by atoms with Gasteiger partial charge < -0.3 is 10.4 Å². The molecule has 16 heavy (non-hydrogen) atoms. The van der Waals surface area contributed by atoms with Crippen molar-refractivity contribution >= 4 is 11.9 Å². The van der Waals surface area contributed by atoms with Gasteiger partial charge in [0.2, 0.25) is 0 Å². The Morgan fingerprint density at radius 3 is 2.31 bits per heavy atom. The van der Waals surface area contributed by atoms with Crippen LogP contribution in [0.1, 0.15) is 27.1 Å². The lowest BCUT2D eigenvalue weighted by Gasteiger charge is -2.03. The molecule has 0 fully saturated rings. The first kappa shape index (κ1) is 11.8. The molecular weight excluding hydrogens is 206 g/mol. The highest BCUT2D eigenvalue weighted by Crippen LogP contribution is 2.04. The van der Waals surface area contributed by atoms with Crippen LogP contribution in [0.25, 0.3) is 0 Å². The quantitative estimate of drug-likeness (QED) is 0.587. The number of nitrogens with one attached hydrogen (secondary N) is 1. The zero-order chi connectivity index (χ0) is 12.0. The topological polar surface area (TPSA) is 66.4 Å². The van der Waals surface area contributed by atoms with Crippen LogP contribution in [0.3, 0.4) is 0 Å². The van der Waals surface area contributed by atoms with Crippen molar-refractivity contribution in [2.75, 3.05) is 6.54 Å². The molecule has 0 unspecified atom stereocenters. The third kappa shape index (κ3) is 3.14. The molecule has 0 aliphatic rings. The molecule has 0 atom stereocenters. The predicted octanol–water partition coefficient (Wildman–Crippen LogP) is 1.14. The maximum absolute atomic E-state index is 11.5. The van der Waals surface area contributed by atoms with Gasteiger partial charge in [0.25, 0.3) is 5.91 Å². The minimum absolute atomic E-state index is 0.153. The second-order valence-electron chi connectivity index (χ2n) is 3.09. The monoisotopic (exact) mass is 217 g/mol. The minimum Gasteiger partial charge on any atom is -0.478 e. The molecule has 2 N–H and O–H groups in total. The van der Waals surface area contributed by atoms with Crippen LogP contribution in [0.4, 0.5) is 0 Å². The summed E-state index contributed by atoms with van der Waals surface area (Å²) >= 11 is 0. The molecule has 82 valence electrons. The molecule has 1 aromatic rings. The van der Waals surface area contributed by atoms with E-state index < -0.39 is 5.97 Å². The number of benzene rings is 1. The van der Waals surface area contributed by atoms with Crippen LogP contribution in [-0.4, -0.2) is 23.5 Å². The molecule has 0 radical (unpaired) electrons. The third-order valence-electron chi connectivity index (χ3n) is 1.95. The van der Waals surface area contributed by atoms with Gasteiger partial charge >= 0.3 is 5.97 Å². The van der Waals surface area contributed by atoms with Gasteiger partial charge in [0, 0.05) is 18.5 Å². The fourth-order valence-corrected chi connectivity index (χ4v) is 1.11. The van der Waals surface area contributed by atoms with Crippen LogP contribution in [0, 0.1) is 12.3 Å². The lowest BCUT2D eigenvalue weighted by Crippen LogP contribution is -2.24. The molecular formula is C12H11NO3. The van der Waals surface area contributed by atoms with Crippen LogP contribution in [-0.2, 0) is 0 Å². The van der Waals surface area contributed by atoms with E-state index >= 15 is 0 Å². The number of amides is 1. The van der Waals surface area contributed by atoms with Crippen molar-refractivity contribution in [1.29, 1.82) is 0 Å². The van der Waals surface area contributed by atoms with Gasteiger partial charge in [-0.3, -0.25) is 4.79 Å². The summed E-state index contributed by atoms with van der Waals surface area (Å²) in [4.78, 5) is 22.0. The maximum Gasteiger partial charge on any atom is 0.335 e. The zero-order valence-corrected chi connectivity index (χ0v) is 8.56. The van der Waals surface area contributed by atoms with Crippen molar-refractivity contribution in [3.8, 4) is 12.3 Å². The summed E-state index contributed by atoms with van der Waals surface area (Å²) in [7, 11) is 0. The lowest BCUT2D eigenvalue weighted by atomic mass is 10.1. The van der Waals surface area contributed by atoms with E-state index in [1.807, 2.05) is 0 Å². The number of terminal acetylenes is 1. The molecule has 4 heteroatoms. The SMILES string of the molecule is C#CCCNC(=O)c1ccc(C(=O)O)cc1. The van der Waals surface area contributed by atoms with Gasteiger partial charge in [-0.15, -0.1) is 12.3 Å². The zero-order valence-electron chi connectivity index (χ0n) is 8.56.